The maximum atomic E-state index is 11.7. The van der Waals surface area contributed by atoms with Crippen molar-refractivity contribution in [3.63, 3.8) is 0 Å². The predicted octanol–water partition coefficient (Wildman–Crippen LogP) is 1.99. The molecule has 126 valence electrons. The van der Waals surface area contributed by atoms with Crippen molar-refractivity contribution in [2.75, 3.05) is 18.0 Å². The lowest BCUT2D eigenvalue weighted by molar-refractivity contribution is -0.121. The summed E-state index contributed by atoms with van der Waals surface area (Å²) in [6, 6.07) is 0.0581. The number of fused-ring (bicyclic) bond motifs is 1. The van der Waals surface area contributed by atoms with Crippen molar-refractivity contribution in [1.29, 1.82) is 0 Å². The molecule has 1 aliphatic carbocycles. The first-order valence-electron chi connectivity index (χ1n) is 8.62. The SMILES string of the molecule is CCC(=O)N[C@@H]1CCCc2nc(N3C[C@@H](C)O[C@@H](C)C3)ncc21. The highest BCUT2D eigenvalue weighted by molar-refractivity contribution is 5.76. The van der Waals surface area contributed by atoms with Gasteiger partial charge in [0.1, 0.15) is 0 Å². The number of ether oxygens (including phenoxy) is 1. The van der Waals surface area contributed by atoms with Crippen molar-refractivity contribution in [3.8, 4) is 0 Å². The number of carbonyl (C=O) groups excluding carboxylic acids is 1. The number of morpholine rings is 1. The van der Waals surface area contributed by atoms with E-state index in [0.717, 1.165) is 49.6 Å². The molecule has 1 amide bonds. The quantitative estimate of drug-likeness (QED) is 0.923. The summed E-state index contributed by atoms with van der Waals surface area (Å²) in [5.74, 6) is 0.871. The summed E-state index contributed by atoms with van der Waals surface area (Å²) < 4.78 is 5.78. The second kappa shape index (κ2) is 6.83. The van der Waals surface area contributed by atoms with Gasteiger partial charge in [-0.1, -0.05) is 6.92 Å². The number of nitrogens with zero attached hydrogens (tertiary/aromatic N) is 3. The van der Waals surface area contributed by atoms with Crippen molar-refractivity contribution in [1.82, 2.24) is 15.3 Å². The van der Waals surface area contributed by atoms with E-state index >= 15 is 0 Å². The molecule has 1 aromatic rings. The molecule has 6 heteroatoms. The van der Waals surface area contributed by atoms with Crippen LogP contribution in [0.1, 0.15) is 57.3 Å². The van der Waals surface area contributed by atoms with Crippen LogP contribution in [0.2, 0.25) is 0 Å². The van der Waals surface area contributed by atoms with Crippen LogP contribution in [0, 0.1) is 0 Å². The number of anilines is 1. The highest BCUT2D eigenvalue weighted by Crippen LogP contribution is 2.29. The van der Waals surface area contributed by atoms with Gasteiger partial charge < -0.3 is 15.0 Å². The normalized spacial score (nSPS) is 27.4. The minimum atomic E-state index is 0.0581. The van der Waals surface area contributed by atoms with Gasteiger partial charge in [0.2, 0.25) is 11.9 Å². The van der Waals surface area contributed by atoms with Gasteiger partial charge in [0, 0.05) is 31.3 Å². The van der Waals surface area contributed by atoms with Crippen LogP contribution in [0.15, 0.2) is 6.20 Å². The standard InChI is InChI=1S/C17H26N4O2/c1-4-16(22)19-14-6-5-7-15-13(14)8-18-17(20-15)21-9-11(2)23-12(3)10-21/h8,11-12,14H,4-7,9-10H2,1-3H3,(H,19,22)/t11-,12+,14-/m1/s1. The van der Waals surface area contributed by atoms with E-state index in [-0.39, 0.29) is 24.2 Å². The first kappa shape index (κ1) is 16.2. The molecule has 0 unspecified atom stereocenters. The number of aromatic nitrogens is 2. The van der Waals surface area contributed by atoms with Crippen LogP contribution in [-0.4, -0.2) is 41.2 Å². The molecular formula is C17H26N4O2. The first-order chi connectivity index (χ1) is 11.1. The Morgan fingerprint density at radius 2 is 2.13 bits per heavy atom. The minimum Gasteiger partial charge on any atom is -0.372 e. The molecule has 1 aromatic heterocycles. The number of nitrogens with one attached hydrogen (secondary N) is 1. The number of hydrogen-bond acceptors (Lipinski definition) is 5. The van der Waals surface area contributed by atoms with Crippen molar-refractivity contribution < 1.29 is 9.53 Å². The van der Waals surface area contributed by atoms with E-state index in [2.05, 4.69) is 29.0 Å². The van der Waals surface area contributed by atoms with Gasteiger partial charge in [0.05, 0.1) is 23.9 Å². The lowest BCUT2D eigenvalue weighted by atomic mass is 9.92. The van der Waals surface area contributed by atoms with Gasteiger partial charge in [0.25, 0.3) is 0 Å². The summed E-state index contributed by atoms with van der Waals surface area (Å²) in [4.78, 5) is 23.3. The van der Waals surface area contributed by atoms with Gasteiger partial charge in [0.15, 0.2) is 0 Å². The molecule has 0 saturated carbocycles. The molecule has 0 aromatic carbocycles. The third-order valence-corrected chi connectivity index (χ3v) is 4.53. The van der Waals surface area contributed by atoms with E-state index in [4.69, 9.17) is 9.72 Å². The zero-order valence-electron chi connectivity index (χ0n) is 14.2. The van der Waals surface area contributed by atoms with Crippen LogP contribution in [-0.2, 0) is 16.0 Å². The molecule has 3 atom stereocenters. The van der Waals surface area contributed by atoms with Crippen molar-refractivity contribution in [2.24, 2.45) is 0 Å². The molecule has 0 radical (unpaired) electrons. The van der Waals surface area contributed by atoms with Crippen LogP contribution in [0.3, 0.4) is 0 Å². The molecule has 3 rings (SSSR count). The number of amides is 1. The molecule has 2 heterocycles. The summed E-state index contributed by atoms with van der Waals surface area (Å²) in [5.41, 5.74) is 2.16. The molecule has 0 spiro atoms. The monoisotopic (exact) mass is 318 g/mol. The average molecular weight is 318 g/mol. The van der Waals surface area contributed by atoms with Crippen LogP contribution in [0.5, 0.6) is 0 Å². The van der Waals surface area contributed by atoms with Crippen molar-refractivity contribution in [2.45, 2.75) is 64.7 Å². The van der Waals surface area contributed by atoms with E-state index in [9.17, 15) is 4.79 Å². The zero-order chi connectivity index (χ0) is 16.4. The lowest BCUT2D eigenvalue weighted by Crippen LogP contribution is -2.46. The van der Waals surface area contributed by atoms with Crippen molar-refractivity contribution >= 4 is 11.9 Å². The Morgan fingerprint density at radius 3 is 2.83 bits per heavy atom. The van der Waals surface area contributed by atoms with E-state index in [0.29, 0.717) is 6.42 Å². The van der Waals surface area contributed by atoms with Gasteiger partial charge in [-0.25, -0.2) is 9.97 Å². The fourth-order valence-corrected chi connectivity index (χ4v) is 3.48. The minimum absolute atomic E-state index is 0.0581. The molecule has 1 saturated heterocycles. The topological polar surface area (TPSA) is 67.4 Å². The van der Waals surface area contributed by atoms with Crippen LogP contribution in [0.4, 0.5) is 5.95 Å². The van der Waals surface area contributed by atoms with Gasteiger partial charge in [-0.3, -0.25) is 4.79 Å². The molecule has 1 fully saturated rings. The molecule has 0 bridgehead atoms. The second-order valence-corrected chi connectivity index (χ2v) is 6.60. The van der Waals surface area contributed by atoms with Gasteiger partial charge >= 0.3 is 0 Å². The van der Waals surface area contributed by atoms with Gasteiger partial charge in [-0.05, 0) is 33.1 Å². The Labute approximate surface area is 137 Å². The maximum Gasteiger partial charge on any atom is 0.225 e. The first-order valence-corrected chi connectivity index (χ1v) is 8.62. The Balaban J connectivity index is 1.80. The Morgan fingerprint density at radius 1 is 1.39 bits per heavy atom. The number of aryl methyl sites for hydroxylation is 1. The van der Waals surface area contributed by atoms with E-state index in [1.165, 1.54) is 0 Å². The Bertz CT molecular complexity index is 568. The average Bonchev–Trinajstić information content (AvgIpc) is 2.53. The van der Waals surface area contributed by atoms with E-state index in [1.54, 1.807) is 0 Å². The summed E-state index contributed by atoms with van der Waals surface area (Å²) >= 11 is 0. The Hall–Kier alpha value is -1.69. The predicted molar refractivity (Wildman–Crippen MR) is 88.4 cm³/mol. The van der Waals surface area contributed by atoms with E-state index in [1.807, 2.05) is 13.1 Å². The fraction of sp³-hybridized carbons (Fsp3) is 0.706. The van der Waals surface area contributed by atoms with Crippen LogP contribution in [0.25, 0.3) is 0 Å². The molecule has 2 aliphatic rings. The fourth-order valence-electron chi connectivity index (χ4n) is 3.48. The number of hydrogen-bond donors (Lipinski definition) is 1. The van der Waals surface area contributed by atoms with E-state index < -0.39 is 0 Å². The summed E-state index contributed by atoms with van der Waals surface area (Å²) in [6.07, 6.45) is 5.76. The zero-order valence-corrected chi connectivity index (χ0v) is 14.2. The third-order valence-electron chi connectivity index (χ3n) is 4.53. The molecular weight excluding hydrogens is 292 g/mol. The van der Waals surface area contributed by atoms with Crippen LogP contribution < -0.4 is 10.2 Å². The largest absolute Gasteiger partial charge is 0.372 e. The van der Waals surface area contributed by atoms with Gasteiger partial charge in [-0.15, -0.1) is 0 Å². The number of carbonyl (C=O) groups is 1. The highest BCUT2D eigenvalue weighted by Gasteiger charge is 2.27. The lowest BCUT2D eigenvalue weighted by Gasteiger charge is -2.36. The molecule has 1 aliphatic heterocycles. The molecule has 23 heavy (non-hydrogen) atoms. The summed E-state index contributed by atoms with van der Waals surface area (Å²) in [5, 5.41) is 3.09. The molecule has 1 N–H and O–H groups in total. The second-order valence-electron chi connectivity index (χ2n) is 6.60. The van der Waals surface area contributed by atoms with Crippen LogP contribution >= 0.6 is 0 Å². The Kier molecular flexibility index (Phi) is 4.80. The van der Waals surface area contributed by atoms with Crippen molar-refractivity contribution in [3.05, 3.63) is 17.5 Å². The number of rotatable bonds is 3. The molecule has 6 nitrogen and oxygen atoms in total. The maximum absolute atomic E-state index is 11.7. The van der Waals surface area contributed by atoms with Gasteiger partial charge in [-0.2, -0.15) is 0 Å². The highest BCUT2D eigenvalue weighted by atomic mass is 16.5. The summed E-state index contributed by atoms with van der Waals surface area (Å²) in [6.45, 7) is 7.67. The summed E-state index contributed by atoms with van der Waals surface area (Å²) in [7, 11) is 0. The smallest absolute Gasteiger partial charge is 0.225 e. The third kappa shape index (κ3) is 3.63.